The molecule has 0 aliphatic heterocycles. The number of hydrogen-bond donors (Lipinski definition) is 0. The Balaban J connectivity index is 1.95. The van der Waals surface area contributed by atoms with E-state index in [0.29, 0.717) is 4.34 Å². The van der Waals surface area contributed by atoms with Crippen molar-refractivity contribution in [3.05, 3.63) is 45.4 Å². The van der Waals surface area contributed by atoms with Crippen molar-refractivity contribution in [1.82, 2.24) is 14.5 Å². The summed E-state index contributed by atoms with van der Waals surface area (Å²) in [5, 5.41) is 4.01. The summed E-state index contributed by atoms with van der Waals surface area (Å²) in [5.41, 5.74) is 3.42. The third-order valence-corrected chi connectivity index (χ3v) is 3.49. The Morgan fingerprint density at radius 3 is 2.53 bits per heavy atom. The van der Waals surface area contributed by atoms with Crippen LogP contribution in [-0.4, -0.2) is 21.5 Å². The van der Waals surface area contributed by atoms with Gasteiger partial charge < -0.3 is 0 Å². The molecule has 1 heterocycles. The Kier molecular flexibility index (Phi) is 4.10. The van der Waals surface area contributed by atoms with Gasteiger partial charge in [-0.1, -0.05) is 45.9 Å². The van der Waals surface area contributed by atoms with Crippen LogP contribution in [0.2, 0.25) is 4.34 Å². The molecule has 2 rings (SSSR count). The van der Waals surface area contributed by atoms with Crippen LogP contribution in [0.1, 0.15) is 16.8 Å². The molecule has 3 nitrogen and oxygen atoms in total. The van der Waals surface area contributed by atoms with Crippen LogP contribution >= 0.6 is 23.1 Å². The molecule has 0 N–H and O–H groups in total. The number of rotatable bonds is 4. The Bertz CT molecular complexity index is 481. The predicted octanol–water partition coefficient (Wildman–Crippen LogP) is 3.13. The minimum Gasteiger partial charge on any atom is -0.296 e. The third kappa shape index (κ3) is 3.49. The van der Waals surface area contributed by atoms with Gasteiger partial charge in [-0.05, 0) is 19.5 Å². The Morgan fingerprint density at radius 1 is 1.24 bits per heavy atom. The second kappa shape index (κ2) is 5.58. The molecule has 0 saturated heterocycles. The van der Waals surface area contributed by atoms with Crippen molar-refractivity contribution in [3.63, 3.8) is 0 Å². The van der Waals surface area contributed by atoms with Gasteiger partial charge in [0.1, 0.15) is 10.0 Å². The number of benzene rings is 1. The van der Waals surface area contributed by atoms with Crippen LogP contribution < -0.4 is 0 Å². The normalized spacial score (nSPS) is 11.1. The highest BCUT2D eigenvalue weighted by atomic mass is 35.5. The van der Waals surface area contributed by atoms with Crippen molar-refractivity contribution < 1.29 is 0 Å². The molecule has 2 aromatic rings. The Morgan fingerprint density at radius 2 is 1.94 bits per heavy atom. The van der Waals surface area contributed by atoms with E-state index in [0.717, 1.165) is 18.8 Å². The molecule has 0 atom stereocenters. The standard InChI is InChI=1S/C12H14ClN3S/c1-9-3-5-10(6-4-9)7-16(2)8-11-12(13)17-15-14-11/h3-6H,7-8H2,1-2H3. The predicted molar refractivity (Wildman–Crippen MR) is 71.3 cm³/mol. The molecule has 0 spiro atoms. The first kappa shape index (κ1) is 12.5. The van der Waals surface area contributed by atoms with Crippen LogP contribution in [0.5, 0.6) is 0 Å². The van der Waals surface area contributed by atoms with Crippen LogP contribution in [-0.2, 0) is 13.1 Å². The quantitative estimate of drug-likeness (QED) is 0.852. The van der Waals surface area contributed by atoms with E-state index in [1.807, 2.05) is 0 Å². The van der Waals surface area contributed by atoms with Gasteiger partial charge in [0.2, 0.25) is 0 Å². The zero-order chi connectivity index (χ0) is 12.3. The van der Waals surface area contributed by atoms with E-state index >= 15 is 0 Å². The van der Waals surface area contributed by atoms with E-state index in [4.69, 9.17) is 11.6 Å². The maximum absolute atomic E-state index is 5.97. The van der Waals surface area contributed by atoms with E-state index in [-0.39, 0.29) is 0 Å². The first-order valence-electron chi connectivity index (χ1n) is 5.36. The van der Waals surface area contributed by atoms with Gasteiger partial charge in [-0.3, -0.25) is 4.90 Å². The van der Waals surface area contributed by atoms with Crippen LogP contribution in [0, 0.1) is 6.92 Å². The maximum atomic E-state index is 5.97. The fourth-order valence-electron chi connectivity index (χ4n) is 1.61. The zero-order valence-corrected chi connectivity index (χ0v) is 11.4. The van der Waals surface area contributed by atoms with Gasteiger partial charge in [0.15, 0.2) is 0 Å². The monoisotopic (exact) mass is 267 g/mol. The van der Waals surface area contributed by atoms with Crippen LogP contribution in [0.4, 0.5) is 0 Å². The van der Waals surface area contributed by atoms with Gasteiger partial charge >= 0.3 is 0 Å². The van der Waals surface area contributed by atoms with Gasteiger partial charge in [-0.25, -0.2) is 0 Å². The first-order valence-corrected chi connectivity index (χ1v) is 6.51. The third-order valence-electron chi connectivity index (χ3n) is 2.50. The highest BCUT2D eigenvalue weighted by Crippen LogP contribution is 2.19. The lowest BCUT2D eigenvalue weighted by atomic mass is 10.1. The number of halogens is 1. The van der Waals surface area contributed by atoms with Crippen LogP contribution in [0.3, 0.4) is 0 Å². The summed E-state index contributed by atoms with van der Waals surface area (Å²) in [7, 11) is 2.05. The first-order chi connectivity index (χ1) is 8.15. The minimum atomic E-state index is 0.681. The molecule has 1 aromatic carbocycles. The van der Waals surface area contributed by atoms with E-state index in [2.05, 4.69) is 52.7 Å². The topological polar surface area (TPSA) is 29.0 Å². The molecular formula is C12H14ClN3S. The molecule has 5 heteroatoms. The van der Waals surface area contributed by atoms with Gasteiger partial charge in [0.25, 0.3) is 0 Å². The Labute approximate surface area is 110 Å². The molecule has 0 aliphatic rings. The molecule has 90 valence electrons. The summed E-state index contributed by atoms with van der Waals surface area (Å²) in [6.07, 6.45) is 0. The summed E-state index contributed by atoms with van der Waals surface area (Å²) in [6.45, 7) is 3.70. The molecule has 0 amide bonds. The molecule has 0 saturated carbocycles. The number of hydrogen-bond acceptors (Lipinski definition) is 4. The van der Waals surface area contributed by atoms with Crippen molar-refractivity contribution in [1.29, 1.82) is 0 Å². The van der Waals surface area contributed by atoms with Crippen molar-refractivity contribution in [2.75, 3.05) is 7.05 Å². The Hall–Kier alpha value is -0.970. The fraction of sp³-hybridized carbons (Fsp3) is 0.333. The number of nitrogens with zero attached hydrogens (tertiary/aromatic N) is 3. The molecular weight excluding hydrogens is 254 g/mol. The summed E-state index contributed by atoms with van der Waals surface area (Å²) in [5.74, 6) is 0. The number of aryl methyl sites for hydroxylation is 1. The van der Waals surface area contributed by atoms with Gasteiger partial charge in [0.05, 0.1) is 0 Å². The number of aromatic nitrogens is 2. The van der Waals surface area contributed by atoms with E-state index in [1.54, 1.807) is 0 Å². The molecule has 0 fully saturated rings. The van der Waals surface area contributed by atoms with Crippen molar-refractivity contribution >= 4 is 23.1 Å². The molecule has 0 aliphatic carbocycles. The minimum absolute atomic E-state index is 0.681. The van der Waals surface area contributed by atoms with Gasteiger partial charge in [0, 0.05) is 24.6 Å². The van der Waals surface area contributed by atoms with Crippen LogP contribution in [0.15, 0.2) is 24.3 Å². The average molecular weight is 268 g/mol. The average Bonchev–Trinajstić information content (AvgIpc) is 2.68. The smallest absolute Gasteiger partial charge is 0.138 e. The van der Waals surface area contributed by atoms with E-state index < -0.39 is 0 Å². The maximum Gasteiger partial charge on any atom is 0.138 e. The second-order valence-electron chi connectivity index (χ2n) is 4.15. The largest absolute Gasteiger partial charge is 0.296 e. The van der Waals surface area contributed by atoms with Gasteiger partial charge in [-0.15, -0.1) is 5.10 Å². The molecule has 0 radical (unpaired) electrons. The summed E-state index contributed by atoms with van der Waals surface area (Å²) >= 11 is 7.21. The van der Waals surface area contributed by atoms with E-state index in [9.17, 15) is 0 Å². The summed E-state index contributed by atoms with van der Waals surface area (Å²) < 4.78 is 4.51. The van der Waals surface area contributed by atoms with E-state index in [1.165, 1.54) is 22.7 Å². The van der Waals surface area contributed by atoms with Gasteiger partial charge in [-0.2, -0.15) is 0 Å². The second-order valence-corrected chi connectivity index (χ2v) is 5.51. The van der Waals surface area contributed by atoms with Crippen molar-refractivity contribution in [3.8, 4) is 0 Å². The SMILES string of the molecule is Cc1ccc(CN(C)Cc2nnsc2Cl)cc1. The molecule has 1 aromatic heterocycles. The summed E-state index contributed by atoms with van der Waals surface area (Å²) in [4.78, 5) is 2.17. The van der Waals surface area contributed by atoms with Crippen molar-refractivity contribution in [2.24, 2.45) is 0 Å². The lowest BCUT2D eigenvalue weighted by Crippen LogP contribution is -2.17. The highest BCUT2D eigenvalue weighted by Gasteiger charge is 2.08. The fourth-order valence-corrected chi connectivity index (χ4v) is 2.22. The zero-order valence-electron chi connectivity index (χ0n) is 9.85. The molecule has 0 bridgehead atoms. The molecule has 0 unspecified atom stereocenters. The van der Waals surface area contributed by atoms with Crippen LogP contribution in [0.25, 0.3) is 0 Å². The lowest BCUT2D eigenvalue weighted by Gasteiger charge is -2.15. The lowest BCUT2D eigenvalue weighted by molar-refractivity contribution is 0.315. The highest BCUT2D eigenvalue weighted by molar-refractivity contribution is 7.10. The van der Waals surface area contributed by atoms with Crippen molar-refractivity contribution in [2.45, 2.75) is 20.0 Å². The molecule has 17 heavy (non-hydrogen) atoms. The summed E-state index contributed by atoms with van der Waals surface area (Å²) in [6, 6.07) is 8.54.